The molecule has 9 heteroatoms. The monoisotopic (exact) mass is 475 g/mol. The Bertz CT molecular complexity index is 1030. The third-order valence-corrected chi connectivity index (χ3v) is 7.07. The van der Waals surface area contributed by atoms with Crippen molar-refractivity contribution in [1.82, 2.24) is 5.48 Å². The van der Waals surface area contributed by atoms with Crippen LogP contribution in [0.3, 0.4) is 0 Å². The van der Waals surface area contributed by atoms with Crippen molar-refractivity contribution in [3.05, 3.63) is 65.7 Å². The van der Waals surface area contributed by atoms with Gasteiger partial charge in [-0.2, -0.15) is 0 Å². The number of nitrogens with one attached hydrogen (secondary N) is 1. The van der Waals surface area contributed by atoms with Gasteiger partial charge in [0.15, 0.2) is 9.84 Å². The zero-order valence-electron chi connectivity index (χ0n) is 18.3. The van der Waals surface area contributed by atoms with Crippen molar-refractivity contribution < 1.29 is 33.1 Å². The molecule has 0 aliphatic heterocycles. The maximum absolute atomic E-state index is 12.8. The smallest absolute Gasteiger partial charge is 0.312 e. The van der Waals surface area contributed by atoms with E-state index in [-0.39, 0.29) is 23.5 Å². The molecule has 178 valence electrons. The number of hydroxylamine groups is 1. The first kappa shape index (κ1) is 26.2. The average Bonchev–Trinajstić information content (AvgIpc) is 2.80. The van der Waals surface area contributed by atoms with Crippen molar-refractivity contribution in [3.8, 4) is 0 Å². The molecule has 1 amide bonds. The molecule has 1 atom stereocenters. The predicted molar refractivity (Wildman–Crippen MR) is 122 cm³/mol. The molecule has 0 aromatic heterocycles. The first-order chi connectivity index (χ1) is 15.7. The van der Waals surface area contributed by atoms with Gasteiger partial charge in [0.25, 0.3) is 0 Å². The summed E-state index contributed by atoms with van der Waals surface area (Å²) in [4.78, 5) is 34.8. The number of hydrogen-bond donors (Lipinski definition) is 3. The van der Waals surface area contributed by atoms with Gasteiger partial charge in [-0.1, -0.05) is 55.3 Å². The largest absolute Gasteiger partial charge is 0.481 e. The fraction of sp³-hybridized carbons (Fsp3) is 0.375. The summed E-state index contributed by atoms with van der Waals surface area (Å²) in [5.74, 6) is -3.31. The number of amides is 1. The second kappa shape index (κ2) is 12.9. The van der Waals surface area contributed by atoms with E-state index in [4.69, 9.17) is 5.21 Å². The number of unbranched alkanes of at least 4 members (excludes halogenated alkanes) is 3. The number of carboxylic acids is 1. The molecule has 0 spiro atoms. The Labute approximate surface area is 193 Å². The Morgan fingerprint density at radius 3 is 2.03 bits per heavy atom. The minimum atomic E-state index is -3.84. The molecule has 0 aliphatic rings. The summed E-state index contributed by atoms with van der Waals surface area (Å²) < 4.78 is 25.5. The predicted octanol–water partition coefficient (Wildman–Crippen LogP) is 3.29. The molecule has 3 N–H and O–H groups in total. The molecular formula is C24H29NO7S. The fourth-order valence-electron chi connectivity index (χ4n) is 3.46. The van der Waals surface area contributed by atoms with E-state index >= 15 is 0 Å². The van der Waals surface area contributed by atoms with Crippen LogP contribution >= 0.6 is 0 Å². The molecule has 0 unspecified atom stereocenters. The first-order valence-corrected chi connectivity index (χ1v) is 12.4. The van der Waals surface area contributed by atoms with Crippen molar-refractivity contribution in [2.24, 2.45) is 0 Å². The molecule has 33 heavy (non-hydrogen) atoms. The maximum atomic E-state index is 12.8. The van der Waals surface area contributed by atoms with Crippen LogP contribution < -0.4 is 5.48 Å². The number of hydrogen-bond acceptors (Lipinski definition) is 6. The summed E-state index contributed by atoms with van der Waals surface area (Å²) in [5.41, 5.74) is 2.69. The van der Waals surface area contributed by atoms with Crippen molar-refractivity contribution in [2.75, 3.05) is 5.75 Å². The lowest BCUT2D eigenvalue weighted by molar-refractivity contribution is -0.138. The Balaban J connectivity index is 1.87. The summed E-state index contributed by atoms with van der Waals surface area (Å²) in [5, 5.41) is 17.9. The SMILES string of the molecule is O=C(CCCCCCC(=O)NO)Cc1ccc(S(=O)(=O)C[C@H](C(=O)O)c2ccccc2)cc1. The van der Waals surface area contributed by atoms with Crippen molar-refractivity contribution >= 4 is 27.5 Å². The topological polar surface area (TPSA) is 138 Å². The second-order valence-corrected chi connectivity index (χ2v) is 9.93. The molecule has 0 aliphatic carbocycles. The normalized spacial score (nSPS) is 12.2. The molecule has 2 aromatic carbocycles. The number of sulfone groups is 1. The molecule has 8 nitrogen and oxygen atoms in total. The van der Waals surface area contributed by atoms with E-state index in [1.54, 1.807) is 47.9 Å². The maximum Gasteiger partial charge on any atom is 0.312 e. The molecule has 0 heterocycles. The van der Waals surface area contributed by atoms with Gasteiger partial charge < -0.3 is 5.11 Å². The highest BCUT2D eigenvalue weighted by molar-refractivity contribution is 7.91. The van der Waals surface area contributed by atoms with Crippen LogP contribution in [0.4, 0.5) is 0 Å². The average molecular weight is 476 g/mol. The second-order valence-electron chi connectivity index (χ2n) is 7.89. The van der Waals surface area contributed by atoms with Crippen LogP contribution in [0.2, 0.25) is 0 Å². The van der Waals surface area contributed by atoms with Gasteiger partial charge in [-0.05, 0) is 36.1 Å². The van der Waals surface area contributed by atoms with Crippen LogP contribution in [-0.4, -0.2) is 42.1 Å². The lowest BCUT2D eigenvalue weighted by Gasteiger charge is -2.13. The molecule has 0 bridgehead atoms. The number of carbonyl (C=O) groups is 3. The Hall–Kier alpha value is -3.04. The highest BCUT2D eigenvalue weighted by Gasteiger charge is 2.28. The van der Waals surface area contributed by atoms with E-state index in [2.05, 4.69) is 0 Å². The fourth-order valence-corrected chi connectivity index (χ4v) is 4.98. The number of aliphatic carboxylic acids is 1. The standard InChI is InChI=1S/C24H29NO7S/c26-20(10-6-1-2-7-11-23(27)25-30)16-18-12-14-21(15-13-18)33(31,32)17-22(24(28)29)19-8-4-3-5-9-19/h3-5,8-9,12-15,22,30H,1-2,6-7,10-11,16-17H2,(H,25,27)(H,28,29)/t22-/m0/s1. The summed E-state index contributed by atoms with van der Waals surface area (Å²) >= 11 is 0. The Morgan fingerprint density at radius 2 is 1.45 bits per heavy atom. The zero-order valence-corrected chi connectivity index (χ0v) is 19.1. The molecule has 0 radical (unpaired) electrons. The van der Waals surface area contributed by atoms with Crippen LogP contribution in [0, 0.1) is 0 Å². The van der Waals surface area contributed by atoms with Crippen LogP contribution in [0.5, 0.6) is 0 Å². The van der Waals surface area contributed by atoms with Gasteiger partial charge in [0, 0.05) is 19.3 Å². The van der Waals surface area contributed by atoms with Gasteiger partial charge in [-0.15, -0.1) is 0 Å². The van der Waals surface area contributed by atoms with E-state index in [0.29, 0.717) is 30.4 Å². The van der Waals surface area contributed by atoms with E-state index in [1.165, 1.54) is 12.1 Å². The lowest BCUT2D eigenvalue weighted by atomic mass is 10.0. The van der Waals surface area contributed by atoms with E-state index in [1.807, 2.05) is 0 Å². The number of carboxylic acid groups (broad SMARTS) is 1. The van der Waals surface area contributed by atoms with E-state index in [0.717, 1.165) is 12.8 Å². The van der Waals surface area contributed by atoms with Gasteiger partial charge in [0.2, 0.25) is 5.91 Å². The quantitative estimate of drug-likeness (QED) is 0.216. The first-order valence-electron chi connectivity index (χ1n) is 10.8. The molecule has 0 saturated heterocycles. The number of rotatable bonds is 14. The summed E-state index contributed by atoms with van der Waals surface area (Å²) in [7, 11) is -3.84. The van der Waals surface area contributed by atoms with Crippen LogP contribution in [-0.2, 0) is 30.6 Å². The molecule has 0 fully saturated rings. The van der Waals surface area contributed by atoms with E-state index < -0.39 is 33.4 Å². The van der Waals surface area contributed by atoms with Crippen LogP contribution in [0.15, 0.2) is 59.5 Å². The Morgan fingerprint density at radius 1 is 0.848 bits per heavy atom. The van der Waals surface area contributed by atoms with Crippen LogP contribution in [0.1, 0.15) is 55.6 Å². The Kier molecular flexibility index (Phi) is 10.2. The van der Waals surface area contributed by atoms with Gasteiger partial charge in [-0.25, -0.2) is 13.9 Å². The van der Waals surface area contributed by atoms with Gasteiger partial charge >= 0.3 is 5.97 Å². The summed E-state index contributed by atoms with van der Waals surface area (Å²) in [6.07, 6.45) is 3.75. The van der Waals surface area contributed by atoms with Crippen LogP contribution in [0.25, 0.3) is 0 Å². The van der Waals surface area contributed by atoms with Gasteiger partial charge in [-0.3, -0.25) is 19.6 Å². The number of benzene rings is 2. The van der Waals surface area contributed by atoms with Gasteiger partial charge in [0.1, 0.15) is 5.78 Å². The molecule has 2 rings (SSSR count). The number of ketones is 1. The molecular weight excluding hydrogens is 446 g/mol. The zero-order chi connectivity index (χ0) is 24.3. The summed E-state index contributed by atoms with van der Waals surface area (Å²) in [6, 6.07) is 14.2. The lowest BCUT2D eigenvalue weighted by Crippen LogP contribution is -2.22. The highest BCUT2D eigenvalue weighted by Crippen LogP contribution is 2.23. The van der Waals surface area contributed by atoms with Gasteiger partial charge in [0.05, 0.1) is 16.6 Å². The minimum Gasteiger partial charge on any atom is -0.481 e. The third-order valence-electron chi connectivity index (χ3n) is 5.30. The molecule has 0 saturated carbocycles. The third kappa shape index (κ3) is 8.78. The van der Waals surface area contributed by atoms with Crippen molar-refractivity contribution in [1.29, 1.82) is 0 Å². The number of carbonyl (C=O) groups excluding carboxylic acids is 2. The molecule has 2 aromatic rings. The number of Topliss-reactive ketones (excluding diaryl/α,β-unsaturated/α-hetero) is 1. The minimum absolute atomic E-state index is 0.0211. The van der Waals surface area contributed by atoms with Crippen molar-refractivity contribution in [2.45, 2.75) is 55.8 Å². The highest BCUT2D eigenvalue weighted by atomic mass is 32.2. The van der Waals surface area contributed by atoms with E-state index in [9.17, 15) is 27.9 Å². The summed E-state index contributed by atoms with van der Waals surface area (Å²) in [6.45, 7) is 0. The van der Waals surface area contributed by atoms with Crippen molar-refractivity contribution in [3.63, 3.8) is 0 Å².